The van der Waals surface area contributed by atoms with Crippen molar-refractivity contribution in [1.82, 2.24) is 16.0 Å². The molecule has 0 aromatic carbocycles. The summed E-state index contributed by atoms with van der Waals surface area (Å²) in [5, 5.41) is 25.1. The number of hydrogen-bond donors (Lipinski definition) is 7. The van der Waals surface area contributed by atoms with Crippen LogP contribution in [-0.4, -0.2) is 82.6 Å². The molecule has 0 aliphatic rings. The predicted molar refractivity (Wildman–Crippen MR) is 101 cm³/mol. The molecule has 0 saturated carbocycles. The van der Waals surface area contributed by atoms with Crippen LogP contribution in [0.4, 0.5) is 0 Å². The summed E-state index contributed by atoms with van der Waals surface area (Å²) in [5.74, 6) is -4.15. The summed E-state index contributed by atoms with van der Waals surface area (Å²) in [5.41, 5.74) is 10.6. The van der Waals surface area contributed by atoms with Gasteiger partial charge in [-0.1, -0.05) is 0 Å². The van der Waals surface area contributed by atoms with E-state index >= 15 is 0 Å². The third kappa shape index (κ3) is 10.1. The molecular formula is C15H27N5O7S. The van der Waals surface area contributed by atoms with Gasteiger partial charge in [0.2, 0.25) is 23.6 Å². The van der Waals surface area contributed by atoms with E-state index in [1.807, 2.05) is 11.6 Å². The first-order chi connectivity index (χ1) is 13.0. The van der Waals surface area contributed by atoms with Crippen LogP contribution in [0.2, 0.25) is 0 Å². The number of rotatable bonds is 13. The fourth-order valence-corrected chi connectivity index (χ4v) is 2.46. The lowest BCUT2D eigenvalue weighted by Gasteiger charge is -2.22. The molecule has 4 amide bonds. The van der Waals surface area contributed by atoms with Gasteiger partial charge in [0.15, 0.2) is 0 Å². The lowest BCUT2D eigenvalue weighted by atomic mass is 10.1. The zero-order chi connectivity index (χ0) is 21.9. The smallest absolute Gasteiger partial charge is 0.326 e. The Labute approximate surface area is 166 Å². The fraction of sp³-hybridized carbons (Fsp3) is 0.667. The van der Waals surface area contributed by atoms with Gasteiger partial charge < -0.3 is 37.6 Å². The monoisotopic (exact) mass is 421 g/mol. The topological polar surface area (TPSA) is 214 Å². The molecule has 4 unspecified atom stereocenters. The van der Waals surface area contributed by atoms with E-state index in [1.165, 1.54) is 18.7 Å². The molecule has 0 spiro atoms. The molecule has 0 radical (unpaired) electrons. The number of aliphatic hydroxyl groups is 1. The number of amides is 4. The van der Waals surface area contributed by atoms with Crippen LogP contribution in [0.3, 0.4) is 0 Å². The van der Waals surface area contributed by atoms with E-state index in [0.29, 0.717) is 12.2 Å². The number of primary amides is 1. The number of aliphatic carboxylic acids is 1. The van der Waals surface area contributed by atoms with E-state index in [4.69, 9.17) is 16.6 Å². The summed E-state index contributed by atoms with van der Waals surface area (Å²) < 4.78 is 0. The highest BCUT2D eigenvalue weighted by atomic mass is 32.2. The molecule has 28 heavy (non-hydrogen) atoms. The molecule has 4 atom stereocenters. The quantitative estimate of drug-likeness (QED) is 0.157. The van der Waals surface area contributed by atoms with Crippen LogP contribution < -0.4 is 27.4 Å². The molecule has 13 heteroatoms. The molecule has 0 bridgehead atoms. The van der Waals surface area contributed by atoms with Crippen LogP contribution in [0.25, 0.3) is 0 Å². The van der Waals surface area contributed by atoms with E-state index in [9.17, 15) is 29.1 Å². The van der Waals surface area contributed by atoms with Gasteiger partial charge in [-0.3, -0.25) is 19.2 Å². The van der Waals surface area contributed by atoms with E-state index in [0.717, 1.165) is 0 Å². The minimum atomic E-state index is -1.54. The van der Waals surface area contributed by atoms with Crippen molar-refractivity contribution in [3.8, 4) is 0 Å². The Kier molecular flexibility index (Phi) is 11.8. The number of carboxylic acid groups (broad SMARTS) is 1. The third-order valence-corrected chi connectivity index (χ3v) is 4.14. The third-order valence-electron chi connectivity index (χ3n) is 3.49. The molecule has 12 nitrogen and oxygen atoms in total. The number of carbonyl (C=O) groups excluding carboxylic acids is 4. The van der Waals surface area contributed by atoms with E-state index in [2.05, 4.69) is 10.6 Å². The predicted octanol–water partition coefficient (Wildman–Crippen LogP) is -3.51. The van der Waals surface area contributed by atoms with Crippen molar-refractivity contribution < 1.29 is 34.2 Å². The maximum Gasteiger partial charge on any atom is 0.326 e. The zero-order valence-electron chi connectivity index (χ0n) is 15.6. The largest absolute Gasteiger partial charge is 0.480 e. The van der Waals surface area contributed by atoms with E-state index in [-0.39, 0.29) is 0 Å². The second-order valence-electron chi connectivity index (χ2n) is 5.96. The van der Waals surface area contributed by atoms with Crippen molar-refractivity contribution >= 4 is 41.4 Å². The Morgan fingerprint density at radius 1 is 1.11 bits per heavy atom. The Bertz CT molecular complexity index is 587. The molecule has 160 valence electrons. The number of hydrogen-bond acceptors (Lipinski definition) is 8. The number of carboxylic acids is 1. The van der Waals surface area contributed by atoms with Crippen LogP contribution >= 0.6 is 11.8 Å². The molecule has 9 N–H and O–H groups in total. The van der Waals surface area contributed by atoms with Gasteiger partial charge in [-0.25, -0.2) is 4.79 Å². The number of aliphatic hydroxyl groups excluding tert-OH is 1. The van der Waals surface area contributed by atoms with Crippen LogP contribution in [-0.2, 0) is 24.0 Å². The Balaban J connectivity index is 4.72. The Morgan fingerprint density at radius 2 is 1.71 bits per heavy atom. The standard InChI is InChI=1S/C15H27N5O7S/c1-7(21)12(20-13(24)8(16)3-4-28-2)14(25)18-6-11(23)19-9(15(26)27)5-10(17)22/h7-9,12,21H,3-6,16H2,1-2H3,(H2,17,22)(H,18,25)(H,19,23)(H,20,24)(H,26,27). The average molecular weight is 421 g/mol. The maximum absolute atomic E-state index is 12.2. The summed E-state index contributed by atoms with van der Waals surface area (Å²) in [7, 11) is 0. The molecule has 0 heterocycles. The van der Waals surface area contributed by atoms with Crippen molar-refractivity contribution in [2.45, 2.75) is 44.0 Å². The highest BCUT2D eigenvalue weighted by Crippen LogP contribution is 2.01. The summed E-state index contributed by atoms with van der Waals surface area (Å²) in [6.07, 6.45) is 0.330. The molecule has 0 aliphatic heterocycles. The lowest BCUT2D eigenvalue weighted by molar-refractivity contribution is -0.143. The van der Waals surface area contributed by atoms with Gasteiger partial charge in [0.25, 0.3) is 0 Å². The van der Waals surface area contributed by atoms with Crippen molar-refractivity contribution in [1.29, 1.82) is 0 Å². The summed E-state index contributed by atoms with van der Waals surface area (Å²) >= 11 is 1.50. The van der Waals surface area contributed by atoms with Crippen molar-refractivity contribution in [3.63, 3.8) is 0 Å². The lowest BCUT2D eigenvalue weighted by Crippen LogP contribution is -2.57. The van der Waals surface area contributed by atoms with Crippen molar-refractivity contribution in [3.05, 3.63) is 0 Å². The number of carbonyl (C=O) groups is 5. The second-order valence-corrected chi connectivity index (χ2v) is 6.95. The molecular weight excluding hydrogens is 394 g/mol. The normalized spacial score (nSPS) is 14.9. The summed E-state index contributed by atoms with van der Waals surface area (Å²) in [6, 6.07) is -3.76. The van der Waals surface area contributed by atoms with Crippen molar-refractivity contribution in [2.24, 2.45) is 11.5 Å². The molecule has 0 rings (SSSR count). The van der Waals surface area contributed by atoms with Gasteiger partial charge in [0.1, 0.15) is 12.1 Å². The zero-order valence-corrected chi connectivity index (χ0v) is 16.5. The van der Waals surface area contributed by atoms with E-state index in [1.54, 1.807) is 0 Å². The molecule has 0 aliphatic carbocycles. The van der Waals surface area contributed by atoms with Crippen LogP contribution in [0.15, 0.2) is 0 Å². The summed E-state index contributed by atoms with van der Waals surface area (Å²) in [4.78, 5) is 57.7. The number of thioether (sulfide) groups is 1. The van der Waals surface area contributed by atoms with E-state index < -0.39 is 66.8 Å². The molecule has 0 fully saturated rings. The minimum absolute atomic E-state index is 0.375. The minimum Gasteiger partial charge on any atom is -0.480 e. The van der Waals surface area contributed by atoms with Crippen molar-refractivity contribution in [2.75, 3.05) is 18.6 Å². The van der Waals surface area contributed by atoms with Crippen LogP contribution in [0.1, 0.15) is 19.8 Å². The van der Waals surface area contributed by atoms with Gasteiger partial charge >= 0.3 is 5.97 Å². The number of nitrogens with two attached hydrogens (primary N) is 2. The highest BCUT2D eigenvalue weighted by Gasteiger charge is 2.28. The highest BCUT2D eigenvalue weighted by molar-refractivity contribution is 7.98. The van der Waals surface area contributed by atoms with Crippen LogP contribution in [0, 0.1) is 0 Å². The van der Waals surface area contributed by atoms with Crippen LogP contribution in [0.5, 0.6) is 0 Å². The van der Waals surface area contributed by atoms with Gasteiger partial charge in [0.05, 0.1) is 25.1 Å². The molecule has 0 saturated heterocycles. The SMILES string of the molecule is CSCCC(N)C(=O)NC(C(=O)NCC(=O)NC(CC(N)=O)C(=O)O)C(C)O. The van der Waals surface area contributed by atoms with Gasteiger partial charge in [-0.15, -0.1) is 0 Å². The second kappa shape index (κ2) is 12.9. The average Bonchev–Trinajstić information content (AvgIpc) is 2.60. The first-order valence-corrected chi connectivity index (χ1v) is 9.70. The van der Waals surface area contributed by atoms with Gasteiger partial charge in [-0.05, 0) is 25.4 Å². The fourth-order valence-electron chi connectivity index (χ4n) is 1.97. The molecule has 0 aromatic rings. The van der Waals surface area contributed by atoms with Gasteiger partial charge in [-0.2, -0.15) is 11.8 Å². The summed E-state index contributed by atoms with van der Waals surface area (Å²) in [6.45, 7) is 0.629. The Morgan fingerprint density at radius 3 is 2.18 bits per heavy atom. The Hall–Kier alpha value is -2.38. The van der Waals surface area contributed by atoms with Gasteiger partial charge in [0, 0.05) is 0 Å². The number of nitrogens with one attached hydrogen (secondary N) is 3. The first kappa shape index (κ1) is 25.6. The first-order valence-electron chi connectivity index (χ1n) is 8.30. The molecule has 0 aromatic heterocycles. The maximum atomic E-state index is 12.2.